The number of benzene rings is 2. The van der Waals surface area contributed by atoms with Crippen LogP contribution in [-0.2, 0) is 36.6 Å². The van der Waals surface area contributed by atoms with Gasteiger partial charge in [-0.3, -0.25) is 34.3 Å². The normalized spacial score (nSPS) is 17.8. The van der Waals surface area contributed by atoms with Gasteiger partial charge >= 0.3 is 18.3 Å². The molecule has 4 heterocycles. The van der Waals surface area contributed by atoms with Crippen molar-refractivity contribution in [3.8, 4) is 17.9 Å². The number of imide groups is 1. The molecular formula is C43H43F6N9O7S. The number of hydrogen-bond donors (Lipinski definition) is 4. The maximum atomic E-state index is 13.7. The van der Waals surface area contributed by atoms with Gasteiger partial charge in [0.25, 0.3) is 5.91 Å². The van der Waals surface area contributed by atoms with Crippen molar-refractivity contribution in [3.63, 3.8) is 0 Å². The maximum Gasteiger partial charge on any atom is 0.490 e. The van der Waals surface area contributed by atoms with Crippen molar-refractivity contribution in [1.29, 1.82) is 10.5 Å². The second-order valence-electron chi connectivity index (χ2n) is 15.9. The standard InChI is InChI=1S/C41H42F3N9O5S.C2HF3O2/c1-4-26-17-29(53-39(59)52(38(57)40(53,2)3)30-19-31(41(42,43)44)33(21-46)47-22-30)5-7-34(26)58-14-11-24-9-12-51(13-10-24)23-36(55)49-28-16-25(20-45)15-27(18-28)48-32-6-8-35(54)50-37(32)56;3-2(4,5)1(6)7/h5,7,15-19,22,24,32,48H,4,6,8-14,23H2,1-3H3,(H,49,55)(H,50,54,56);(H,6,7). The van der Waals surface area contributed by atoms with E-state index in [0.717, 1.165) is 35.9 Å². The summed E-state index contributed by atoms with van der Waals surface area (Å²) in [6.45, 7) is 7.27. The molecule has 0 bridgehead atoms. The molecule has 0 spiro atoms. The molecule has 0 radical (unpaired) electrons. The monoisotopic (exact) mass is 943 g/mol. The molecule has 4 N–H and O–H groups in total. The number of halogens is 6. The summed E-state index contributed by atoms with van der Waals surface area (Å²) < 4.78 is 79.2. The molecule has 6 rings (SSSR count). The topological polar surface area (TPSA) is 221 Å². The molecule has 4 amide bonds. The lowest BCUT2D eigenvalue weighted by Crippen LogP contribution is -2.47. The number of nitrogens with zero attached hydrogens (tertiary/aromatic N) is 6. The van der Waals surface area contributed by atoms with Gasteiger partial charge in [0.1, 0.15) is 23.4 Å². The van der Waals surface area contributed by atoms with Crippen LogP contribution >= 0.6 is 12.2 Å². The third kappa shape index (κ3) is 12.1. The van der Waals surface area contributed by atoms with Crippen molar-refractivity contribution in [2.45, 2.75) is 83.2 Å². The number of nitriles is 2. The van der Waals surface area contributed by atoms with E-state index in [1.807, 2.05) is 13.0 Å². The highest BCUT2D eigenvalue weighted by Gasteiger charge is 2.51. The molecule has 1 atom stereocenters. The van der Waals surface area contributed by atoms with E-state index in [2.05, 4.69) is 31.9 Å². The summed E-state index contributed by atoms with van der Waals surface area (Å²) in [6.07, 6.45) is -5.27. The van der Waals surface area contributed by atoms with Gasteiger partial charge in [0, 0.05) is 23.5 Å². The maximum absolute atomic E-state index is 13.7. The number of hydrogen-bond acceptors (Lipinski definition) is 12. The van der Waals surface area contributed by atoms with E-state index in [1.165, 1.54) is 6.07 Å². The number of piperidine rings is 2. The van der Waals surface area contributed by atoms with E-state index < -0.39 is 53.0 Å². The zero-order valence-electron chi connectivity index (χ0n) is 35.6. The number of pyridine rings is 1. The fourth-order valence-electron chi connectivity index (χ4n) is 7.51. The lowest BCUT2D eigenvalue weighted by Gasteiger charge is -2.31. The van der Waals surface area contributed by atoms with Crippen molar-refractivity contribution in [2.75, 3.05) is 46.7 Å². The molecule has 350 valence electrons. The number of aliphatic carboxylic acids is 1. The van der Waals surface area contributed by atoms with Gasteiger partial charge in [-0.2, -0.15) is 36.9 Å². The van der Waals surface area contributed by atoms with E-state index in [0.29, 0.717) is 72.9 Å². The van der Waals surface area contributed by atoms with Gasteiger partial charge in [-0.15, -0.1) is 0 Å². The fourth-order valence-corrected chi connectivity index (χ4v) is 8.03. The Balaban J connectivity index is 0.00000108. The summed E-state index contributed by atoms with van der Waals surface area (Å²) in [5, 5.41) is 34.0. The number of thiocarbonyl (C=S) groups is 1. The van der Waals surface area contributed by atoms with E-state index in [1.54, 1.807) is 49.1 Å². The molecule has 3 aromatic rings. The number of anilines is 4. The number of carbonyl (C=O) groups excluding carboxylic acids is 4. The van der Waals surface area contributed by atoms with Gasteiger partial charge in [-0.05, 0) is 125 Å². The zero-order chi connectivity index (χ0) is 48.7. The van der Waals surface area contributed by atoms with E-state index >= 15 is 0 Å². The number of aryl methyl sites for hydroxylation is 1. The minimum Gasteiger partial charge on any atom is -0.493 e. The zero-order valence-corrected chi connectivity index (χ0v) is 36.4. The summed E-state index contributed by atoms with van der Waals surface area (Å²) in [6, 6.07) is 13.8. The number of aromatic nitrogens is 1. The first-order chi connectivity index (χ1) is 31.0. The number of ether oxygens (including phenoxy) is 1. The minimum atomic E-state index is -5.08. The first kappa shape index (κ1) is 50.2. The molecule has 0 aliphatic carbocycles. The average molecular weight is 944 g/mol. The number of rotatable bonds is 12. The SMILES string of the molecule is CCc1cc(N2C(=S)N(c3cnc(C#N)c(C(F)(F)F)c3)C(=O)C2(C)C)ccc1OCCC1CCN(CC(=O)Nc2cc(C#N)cc(NC3CCC(=O)NC3=O)c2)CC1.O=C(O)C(F)(F)F. The third-order valence-corrected chi connectivity index (χ3v) is 11.3. The molecule has 23 heteroatoms. The van der Waals surface area contributed by atoms with Crippen LogP contribution in [0, 0.1) is 28.6 Å². The van der Waals surface area contributed by atoms with Crippen LogP contribution in [0.3, 0.4) is 0 Å². The summed E-state index contributed by atoms with van der Waals surface area (Å²) in [5.41, 5.74) is -0.882. The van der Waals surface area contributed by atoms with E-state index in [9.17, 15) is 50.8 Å². The number of alkyl halides is 6. The molecule has 16 nitrogen and oxygen atoms in total. The Bertz CT molecular complexity index is 2480. The number of carbonyl (C=O) groups is 5. The van der Waals surface area contributed by atoms with Crippen molar-refractivity contribution < 1.29 is 60.2 Å². The largest absolute Gasteiger partial charge is 0.493 e. The Hall–Kier alpha value is -6.85. The van der Waals surface area contributed by atoms with Gasteiger partial charge in [0.05, 0.1) is 42.2 Å². The summed E-state index contributed by atoms with van der Waals surface area (Å²) in [4.78, 5) is 67.6. The Morgan fingerprint density at radius 3 is 2.24 bits per heavy atom. The average Bonchev–Trinajstić information content (AvgIpc) is 3.43. The summed E-state index contributed by atoms with van der Waals surface area (Å²) in [5.74, 6) is -3.27. The first-order valence-corrected chi connectivity index (χ1v) is 20.8. The fraction of sp³-hybridized carbons (Fsp3) is 0.419. The highest BCUT2D eigenvalue weighted by atomic mass is 32.1. The predicted molar refractivity (Wildman–Crippen MR) is 229 cm³/mol. The van der Waals surface area contributed by atoms with E-state index in [-0.39, 0.29) is 35.6 Å². The molecule has 3 aliphatic rings. The Labute approximate surface area is 379 Å². The van der Waals surface area contributed by atoms with Crippen molar-refractivity contribution in [3.05, 3.63) is 71.0 Å². The van der Waals surface area contributed by atoms with E-state index in [4.69, 9.17) is 32.1 Å². The molecule has 1 unspecified atom stereocenters. The quantitative estimate of drug-likeness (QED) is 0.0891. The summed E-state index contributed by atoms with van der Waals surface area (Å²) in [7, 11) is 0. The molecule has 0 saturated carbocycles. The lowest BCUT2D eigenvalue weighted by atomic mass is 9.94. The highest BCUT2D eigenvalue weighted by Crippen LogP contribution is 2.40. The van der Waals surface area contributed by atoms with Crippen molar-refractivity contribution in [2.24, 2.45) is 5.92 Å². The molecule has 2 aromatic carbocycles. The van der Waals surface area contributed by atoms with Crippen LogP contribution in [-0.4, -0.2) is 93.7 Å². The number of amides is 4. The number of carboxylic acids is 1. The summed E-state index contributed by atoms with van der Waals surface area (Å²) >= 11 is 5.68. The second kappa shape index (κ2) is 20.5. The lowest BCUT2D eigenvalue weighted by molar-refractivity contribution is -0.192. The molecular weight excluding hydrogens is 901 g/mol. The molecule has 3 fully saturated rings. The second-order valence-corrected chi connectivity index (χ2v) is 16.3. The first-order valence-electron chi connectivity index (χ1n) is 20.4. The van der Waals surface area contributed by atoms with Gasteiger partial charge in [-0.1, -0.05) is 6.92 Å². The van der Waals surface area contributed by atoms with Crippen molar-refractivity contribution >= 4 is 69.7 Å². The smallest absolute Gasteiger partial charge is 0.490 e. The molecule has 3 saturated heterocycles. The number of likely N-dealkylation sites (tertiary alicyclic amines) is 1. The van der Waals surface area contributed by atoms with Crippen LogP contribution in [0.15, 0.2) is 48.7 Å². The van der Waals surface area contributed by atoms with Gasteiger partial charge in [-0.25, -0.2) is 9.78 Å². The third-order valence-electron chi connectivity index (χ3n) is 10.9. The van der Waals surface area contributed by atoms with Gasteiger partial charge < -0.3 is 25.4 Å². The van der Waals surface area contributed by atoms with Crippen LogP contribution in [0.1, 0.15) is 75.3 Å². The number of carboxylic acid groups (broad SMARTS) is 1. The van der Waals surface area contributed by atoms with Gasteiger partial charge in [0.2, 0.25) is 17.7 Å². The van der Waals surface area contributed by atoms with Crippen LogP contribution in [0.4, 0.5) is 49.1 Å². The van der Waals surface area contributed by atoms with Crippen LogP contribution in [0.25, 0.3) is 0 Å². The number of nitrogens with one attached hydrogen (secondary N) is 3. The highest BCUT2D eigenvalue weighted by molar-refractivity contribution is 7.81. The molecule has 3 aliphatic heterocycles. The Morgan fingerprint density at radius 1 is 0.985 bits per heavy atom. The Kier molecular flexibility index (Phi) is 15.6. The van der Waals surface area contributed by atoms with Crippen molar-refractivity contribution in [1.82, 2.24) is 15.2 Å². The van der Waals surface area contributed by atoms with Crippen LogP contribution in [0.5, 0.6) is 5.75 Å². The Morgan fingerprint density at radius 2 is 1.65 bits per heavy atom. The minimum absolute atomic E-state index is 0.0270. The molecule has 1 aromatic heterocycles. The predicted octanol–water partition coefficient (Wildman–Crippen LogP) is 6.29. The molecule has 66 heavy (non-hydrogen) atoms. The van der Waals surface area contributed by atoms with Gasteiger partial charge in [0.15, 0.2) is 10.8 Å². The van der Waals surface area contributed by atoms with Crippen LogP contribution in [0.2, 0.25) is 0 Å². The van der Waals surface area contributed by atoms with Crippen LogP contribution < -0.4 is 30.5 Å².